The summed E-state index contributed by atoms with van der Waals surface area (Å²) in [5.41, 5.74) is 0. The van der Waals surface area contributed by atoms with Crippen molar-refractivity contribution in [1.29, 1.82) is 5.26 Å². The summed E-state index contributed by atoms with van der Waals surface area (Å²) >= 11 is 0. The van der Waals surface area contributed by atoms with Gasteiger partial charge in [0.2, 0.25) is 0 Å². The van der Waals surface area contributed by atoms with E-state index in [0.29, 0.717) is 0 Å². The highest BCUT2D eigenvalue weighted by atomic mass is 31.2. The van der Waals surface area contributed by atoms with E-state index in [4.69, 9.17) is 18.8 Å². The minimum absolute atomic E-state index is 0.188. The maximum Gasteiger partial charge on any atom is 0.476 e. The highest BCUT2D eigenvalue weighted by molar-refractivity contribution is 7.48. The number of hydrogen-bond acceptors (Lipinski definition) is 5. The van der Waals surface area contributed by atoms with Crippen LogP contribution in [-0.2, 0) is 18.1 Å². The monoisotopic (exact) mass is 259 g/mol. The number of nitrogens with zero attached hydrogens (tertiary/aromatic N) is 1. The number of hydrogen-bond donors (Lipinski definition) is 0. The van der Waals surface area contributed by atoms with E-state index >= 15 is 0 Å². The molecule has 0 aromatic rings. The lowest BCUT2D eigenvalue weighted by Gasteiger charge is -2.17. The molecule has 0 aromatic carbocycles. The summed E-state index contributed by atoms with van der Waals surface area (Å²) in [4.78, 5) is 0. The third kappa shape index (κ3) is 7.09. The summed E-state index contributed by atoms with van der Waals surface area (Å²) in [6, 6.07) is 1.86. The molecule has 0 aliphatic carbocycles. The molecule has 0 N–H and O–H groups in total. The largest absolute Gasteiger partial charge is 0.476 e. The Labute approximate surface area is 102 Å². The molecule has 0 aromatic heterocycles. The fourth-order valence-electron chi connectivity index (χ4n) is 0.931. The minimum atomic E-state index is -3.64. The van der Waals surface area contributed by atoms with Gasteiger partial charge in [-0.2, -0.15) is 5.26 Å². The van der Waals surface area contributed by atoms with Gasteiger partial charge in [-0.15, -0.1) is 0 Å². The molecule has 0 bridgehead atoms. The third-order valence-corrected chi connectivity index (χ3v) is 3.17. The molecular weight excluding hydrogens is 241 g/mol. The second-order valence-corrected chi connectivity index (χ2v) is 4.47. The number of phosphoric ester groups is 1. The lowest BCUT2D eigenvalue weighted by atomic mass is 10.3. The van der Waals surface area contributed by atoms with Crippen LogP contribution in [0.15, 0.2) is 24.3 Å². The molecule has 0 aliphatic rings. The smallest absolute Gasteiger partial charge is 0.287 e. The molecule has 0 spiro atoms. The predicted molar refractivity (Wildman–Crippen MR) is 65.3 cm³/mol. The lowest BCUT2D eigenvalue weighted by Crippen LogP contribution is -2.09. The normalized spacial score (nSPS) is 14.2. The average Bonchev–Trinajstić information content (AvgIpc) is 2.28. The van der Waals surface area contributed by atoms with Gasteiger partial charge in [0.25, 0.3) is 0 Å². The Kier molecular flexibility index (Phi) is 8.65. The van der Waals surface area contributed by atoms with Crippen LogP contribution in [0.3, 0.4) is 0 Å². The summed E-state index contributed by atoms with van der Waals surface area (Å²) in [6.45, 7) is 5.57. The van der Waals surface area contributed by atoms with E-state index in [2.05, 4.69) is 0 Å². The average molecular weight is 259 g/mol. The van der Waals surface area contributed by atoms with Gasteiger partial charge in [-0.3, -0.25) is 13.6 Å². The van der Waals surface area contributed by atoms with Crippen LogP contribution in [0.1, 0.15) is 20.8 Å². The van der Waals surface area contributed by atoms with E-state index in [1.807, 2.05) is 13.0 Å². The number of phosphoric acid groups is 1. The molecule has 0 rings (SSSR count). The Morgan fingerprint density at radius 2 is 1.88 bits per heavy atom. The zero-order valence-corrected chi connectivity index (χ0v) is 11.2. The van der Waals surface area contributed by atoms with Gasteiger partial charge in [0, 0.05) is 0 Å². The maximum absolute atomic E-state index is 11.9. The van der Waals surface area contributed by atoms with Gasteiger partial charge in [-0.05, 0) is 26.8 Å². The topological polar surface area (TPSA) is 68.5 Å². The highest BCUT2D eigenvalue weighted by Crippen LogP contribution is 2.50. The summed E-state index contributed by atoms with van der Waals surface area (Å²) in [5.74, 6) is 0. The van der Waals surface area contributed by atoms with Gasteiger partial charge in [-0.25, -0.2) is 4.57 Å². The van der Waals surface area contributed by atoms with Crippen molar-refractivity contribution in [2.45, 2.75) is 26.9 Å². The second-order valence-electron chi connectivity index (χ2n) is 2.85. The molecule has 0 saturated heterocycles. The van der Waals surface area contributed by atoms with Gasteiger partial charge in [-0.1, -0.05) is 18.2 Å². The van der Waals surface area contributed by atoms with Crippen LogP contribution in [0.2, 0.25) is 0 Å². The SMILES string of the molecule is CC=CC=CC(C#N)OP(=O)(OCC)OCC. The lowest BCUT2D eigenvalue weighted by molar-refractivity contribution is 0.116. The molecule has 0 saturated carbocycles. The van der Waals surface area contributed by atoms with Crippen LogP contribution in [0.4, 0.5) is 0 Å². The molecule has 96 valence electrons. The molecule has 5 nitrogen and oxygen atoms in total. The molecule has 6 heteroatoms. The summed E-state index contributed by atoms with van der Waals surface area (Å²) < 4.78 is 26.8. The number of rotatable bonds is 8. The van der Waals surface area contributed by atoms with Crippen molar-refractivity contribution in [1.82, 2.24) is 0 Å². The third-order valence-electron chi connectivity index (χ3n) is 1.53. The van der Waals surface area contributed by atoms with Crippen LogP contribution >= 0.6 is 7.82 Å². The molecule has 1 unspecified atom stereocenters. The van der Waals surface area contributed by atoms with Crippen molar-refractivity contribution in [3.05, 3.63) is 24.3 Å². The van der Waals surface area contributed by atoms with E-state index in [1.165, 1.54) is 6.08 Å². The van der Waals surface area contributed by atoms with Crippen molar-refractivity contribution in [3.8, 4) is 6.07 Å². The van der Waals surface area contributed by atoms with Crippen LogP contribution in [0, 0.1) is 11.3 Å². The Hall–Kier alpha value is -0.920. The zero-order chi connectivity index (χ0) is 13.1. The molecule has 0 amide bonds. The van der Waals surface area contributed by atoms with E-state index in [9.17, 15) is 4.57 Å². The minimum Gasteiger partial charge on any atom is -0.287 e. The number of allylic oxidation sites excluding steroid dienone is 3. The first-order valence-electron chi connectivity index (χ1n) is 5.38. The van der Waals surface area contributed by atoms with Gasteiger partial charge in [0.1, 0.15) is 0 Å². The van der Waals surface area contributed by atoms with Gasteiger partial charge < -0.3 is 0 Å². The van der Waals surface area contributed by atoms with Crippen molar-refractivity contribution in [2.75, 3.05) is 13.2 Å². The van der Waals surface area contributed by atoms with E-state index < -0.39 is 13.9 Å². The Balaban J connectivity index is 4.61. The molecule has 0 fully saturated rings. The van der Waals surface area contributed by atoms with Crippen molar-refractivity contribution >= 4 is 7.82 Å². The molecule has 0 radical (unpaired) electrons. The van der Waals surface area contributed by atoms with Crippen LogP contribution < -0.4 is 0 Å². The molecule has 0 heterocycles. The van der Waals surface area contributed by atoms with Crippen molar-refractivity contribution < 1.29 is 18.1 Å². The van der Waals surface area contributed by atoms with Crippen molar-refractivity contribution in [3.63, 3.8) is 0 Å². The maximum atomic E-state index is 11.9. The van der Waals surface area contributed by atoms with Gasteiger partial charge >= 0.3 is 7.82 Å². The molecule has 0 aliphatic heterocycles. The second kappa shape index (κ2) is 9.15. The fraction of sp³-hybridized carbons (Fsp3) is 0.545. The standard InChI is InChI=1S/C11H18NO4P/c1-4-7-8-9-11(10-12)16-17(13,14-5-2)15-6-3/h4,7-9,11H,5-6H2,1-3H3. The Morgan fingerprint density at radius 1 is 1.29 bits per heavy atom. The quantitative estimate of drug-likeness (QED) is 0.494. The summed E-state index contributed by atoms with van der Waals surface area (Å²) in [6.07, 6.45) is 5.69. The van der Waals surface area contributed by atoms with Crippen LogP contribution in [-0.4, -0.2) is 19.3 Å². The highest BCUT2D eigenvalue weighted by Gasteiger charge is 2.28. The Morgan fingerprint density at radius 3 is 2.29 bits per heavy atom. The first kappa shape index (κ1) is 16.1. The first-order chi connectivity index (χ1) is 8.11. The first-order valence-corrected chi connectivity index (χ1v) is 6.84. The molecular formula is C11H18NO4P. The van der Waals surface area contributed by atoms with Crippen molar-refractivity contribution in [2.24, 2.45) is 0 Å². The Bertz CT molecular complexity index is 336. The van der Waals surface area contributed by atoms with E-state index in [0.717, 1.165) is 0 Å². The van der Waals surface area contributed by atoms with Crippen LogP contribution in [0.5, 0.6) is 0 Å². The summed E-state index contributed by atoms with van der Waals surface area (Å²) in [7, 11) is -3.64. The van der Waals surface area contributed by atoms with Gasteiger partial charge in [0.15, 0.2) is 6.10 Å². The number of nitriles is 1. The van der Waals surface area contributed by atoms with E-state index in [-0.39, 0.29) is 13.2 Å². The van der Waals surface area contributed by atoms with Gasteiger partial charge in [0.05, 0.1) is 19.3 Å². The van der Waals surface area contributed by atoms with Crippen LogP contribution in [0.25, 0.3) is 0 Å². The van der Waals surface area contributed by atoms with E-state index in [1.54, 1.807) is 32.1 Å². The predicted octanol–water partition coefficient (Wildman–Crippen LogP) is 3.21. The summed E-state index contributed by atoms with van der Waals surface area (Å²) in [5, 5.41) is 8.84. The zero-order valence-electron chi connectivity index (χ0n) is 10.3. The molecule has 17 heavy (non-hydrogen) atoms. The fourth-order valence-corrected chi connectivity index (χ4v) is 2.16. The molecule has 1 atom stereocenters.